The van der Waals surface area contributed by atoms with E-state index in [1.165, 1.54) is 22.5 Å². The number of rotatable bonds is 1. The molecule has 1 N–H and O–H groups in total. The highest BCUT2D eigenvalue weighted by atomic mass is 16.5. The Morgan fingerprint density at radius 2 is 1.90 bits per heavy atom. The minimum Gasteiger partial charge on any atom is -0.487 e. The summed E-state index contributed by atoms with van der Waals surface area (Å²) in [4.78, 5) is 4.84. The molecule has 4 heteroatoms. The van der Waals surface area contributed by atoms with Crippen molar-refractivity contribution in [3.8, 4) is 5.75 Å². The molecule has 0 aromatic heterocycles. The summed E-state index contributed by atoms with van der Waals surface area (Å²) in [5.74, 6) is 1.04. The van der Waals surface area contributed by atoms with Crippen molar-refractivity contribution in [2.75, 3.05) is 49.6 Å². The fourth-order valence-electron chi connectivity index (χ4n) is 3.60. The van der Waals surface area contributed by atoms with Crippen LogP contribution in [-0.2, 0) is 0 Å². The van der Waals surface area contributed by atoms with Crippen LogP contribution in [0.5, 0.6) is 5.75 Å². The Balaban J connectivity index is 2.05. The minimum absolute atomic E-state index is 0.260. The van der Waals surface area contributed by atoms with Crippen LogP contribution in [0.25, 0.3) is 0 Å². The van der Waals surface area contributed by atoms with Gasteiger partial charge in [0.15, 0.2) is 0 Å². The molecular formula is C16H25N3O. The first kappa shape index (κ1) is 13.6. The molecule has 2 heterocycles. The number of ether oxygens (including phenoxy) is 1. The van der Waals surface area contributed by atoms with Gasteiger partial charge in [-0.25, -0.2) is 0 Å². The molecule has 0 bridgehead atoms. The molecule has 20 heavy (non-hydrogen) atoms. The molecule has 3 rings (SSSR count). The fraction of sp³-hybridized carbons (Fsp3) is 0.625. The zero-order chi connectivity index (χ0) is 14.3. The zero-order valence-electron chi connectivity index (χ0n) is 13.0. The number of benzene rings is 1. The molecule has 1 atom stereocenters. The van der Waals surface area contributed by atoms with Crippen molar-refractivity contribution in [2.45, 2.75) is 26.9 Å². The first-order chi connectivity index (χ1) is 9.58. The number of fused-ring (bicyclic) bond motifs is 1. The molecule has 0 radical (unpaired) electrons. The Morgan fingerprint density at radius 1 is 1.20 bits per heavy atom. The Bertz CT molecular complexity index is 509. The van der Waals surface area contributed by atoms with Crippen molar-refractivity contribution in [3.63, 3.8) is 0 Å². The second-order valence-corrected chi connectivity index (χ2v) is 6.06. The summed E-state index contributed by atoms with van der Waals surface area (Å²) in [5.41, 5.74) is 5.35. The second kappa shape index (κ2) is 5.17. The topological polar surface area (TPSA) is 27.7 Å². The van der Waals surface area contributed by atoms with Gasteiger partial charge in [-0.1, -0.05) is 0 Å². The Hall–Kier alpha value is -1.42. The van der Waals surface area contributed by atoms with E-state index in [0.29, 0.717) is 0 Å². The van der Waals surface area contributed by atoms with Crippen molar-refractivity contribution in [1.82, 2.24) is 5.32 Å². The molecule has 0 amide bonds. The van der Waals surface area contributed by atoms with E-state index < -0.39 is 0 Å². The quantitative estimate of drug-likeness (QED) is 0.847. The monoisotopic (exact) mass is 275 g/mol. The van der Waals surface area contributed by atoms with Gasteiger partial charge < -0.3 is 19.9 Å². The maximum atomic E-state index is 6.03. The fourth-order valence-corrected chi connectivity index (χ4v) is 3.60. The van der Waals surface area contributed by atoms with Gasteiger partial charge in [-0.2, -0.15) is 0 Å². The highest BCUT2D eigenvalue weighted by Crippen LogP contribution is 2.42. The van der Waals surface area contributed by atoms with Gasteiger partial charge in [-0.15, -0.1) is 0 Å². The van der Waals surface area contributed by atoms with Crippen molar-refractivity contribution in [2.24, 2.45) is 0 Å². The molecule has 0 aliphatic carbocycles. The molecule has 1 fully saturated rings. The molecule has 1 saturated heterocycles. The predicted octanol–water partition coefficient (Wildman–Crippen LogP) is 1.93. The van der Waals surface area contributed by atoms with Crippen molar-refractivity contribution in [3.05, 3.63) is 17.2 Å². The minimum atomic E-state index is 0.260. The number of hydrogen-bond donors (Lipinski definition) is 1. The van der Waals surface area contributed by atoms with E-state index in [4.69, 9.17) is 4.74 Å². The molecule has 110 valence electrons. The number of aryl methyl sites for hydroxylation is 1. The summed E-state index contributed by atoms with van der Waals surface area (Å²) in [6, 6.07) is 2.21. The number of likely N-dealkylation sites (N-methyl/N-ethyl adjacent to an activating group) is 1. The van der Waals surface area contributed by atoms with E-state index in [0.717, 1.165) is 38.5 Å². The molecule has 2 aliphatic heterocycles. The maximum Gasteiger partial charge on any atom is 0.143 e. The number of nitrogens with zero attached hydrogens (tertiary/aromatic N) is 2. The second-order valence-electron chi connectivity index (χ2n) is 6.06. The summed E-state index contributed by atoms with van der Waals surface area (Å²) in [6.07, 6.45) is 0.260. The number of anilines is 2. The van der Waals surface area contributed by atoms with Crippen LogP contribution in [0.3, 0.4) is 0 Å². The lowest BCUT2D eigenvalue weighted by Gasteiger charge is -2.38. The lowest BCUT2D eigenvalue weighted by Crippen LogP contribution is -2.44. The SMILES string of the molecule is Cc1cc2c(c(C)c1N1CCNCC1)N(C)CC(C)O2. The van der Waals surface area contributed by atoms with Gasteiger partial charge >= 0.3 is 0 Å². The standard InChI is InChI=1S/C16H25N3O/c1-11-9-14-16(18(4)10-12(2)20-14)13(3)15(11)19-7-5-17-6-8-19/h9,12,17H,5-8,10H2,1-4H3. The van der Waals surface area contributed by atoms with Gasteiger partial charge in [-0.05, 0) is 38.0 Å². The van der Waals surface area contributed by atoms with Gasteiger partial charge in [0.1, 0.15) is 11.9 Å². The molecule has 1 aromatic rings. The maximum absolute atomic E-state index is 6.03. The molecule has 2 aliphatic rings. The van der Waals surface area contributed by atoms with Gasteiger partial charge in [-0.3, -0.25) is 0 Å². The summed E-state index contributed by atoms with van der Waals surface area (Å²) >= 11 is 0. The third-order valence-corrected chi connectivity index (χ3v) is 4.34. The van der Waals surface area contributed by atoms with Crippen LogP contribution in [0.4, 0.5) is 11.4 Å². The van der Waals surface area contributed by atoms with Gasteiger partial charge in [0.25, 0.3) is 0 Å². The van der Waals surface area contributed by atoms with E-state index >= 15 is 0 Å². The number of nitrogens with one attached hydrogen (secondary N) is 1. The van der Waals surface area contributed by atoms with E-state index in [1.54, 1.807) is 0 Å². The predicted molar refractivity (Wildman–Crippen MR) is 84.4 cm³/mol. The number of piperazine rings is 1. The highest BCUT2D eigenvalue weighted by molar-refractivity contribution is 5.77. The van der Waals surface area contributed by atoms with Crippen molar-refractivity contribution in [1.29, 1.82) is 0 Å². The Morgan fingerprint density at radius 3 is 2.60 bits per heavy atom. The summed E-state index contributed by atoms with van der Waals surface area (Å²) in [5, 5.41) is 3.42. The molecule has 0 spiro atoms. The smallest absolute Gasteiger partial charge is 0.143 e. The lowest BCUT2D eigenvalue weighted by molar-refractivity contribution is 0.215. The van der Waals surface area contributed by atoms with E-state index in [9.17, 15) is 0 Å². The Labute approximate surface area is 121 Å². The first-order valence-electron chi connectivity index (χ1n) is 7.55. The largest absolute Gasteiger partial charge is 0.487 e. The number of hydrogen-bond acceptors (Lipinski definition) is 4. The van der Waals surface area contributed by atoms with E-state index in [1.807, 2.05) is 0 Å². The zero-order valence-corrected chi connectivity index (χ0v) is 13.0. The van der Waals surface area contributed by atoms with Crippen LogP contribution < -0.4 is 19.9 Å². The Kier molecular flexibility index (Phi) is 3.50. The van der Waals surface area contributed by atoms with Crippen LogP contribution in [0.15, 0.2) is 6.07 Å². The highest BCUT2D eigenvalue weighted by Gasteiger charge is 2.26. The third kappa shape index (κ3) is 2.22. The van der Waals surface area contributed by atoms with Gasteiger partial charge in [0.2, 0.25) is 0 Å². The summed E-state index contributed by atoms with van der Waals surface area (Å²) < 4.78 is 6.03. The molecule has 4 nitrogen and oxygen atoms in total. The van der Waals surface area contributed by atoms with Crippen LogP contribution in [0.1, 0.15) is 18.1 Å². The van der Waals surface area contributed by atoms with Crippen LogP contribution in [-0.4, -0.2) is 45.9 Å². The van der Waals surface area contributed by atoms with Gasteiger partial charge in [0, 0.05) is 38.9 Å². The normalized spacial score (nSPS) is 22.5. The van der Waals surface area contributed by atoms with E-state index in [2.05, 4.69) is 49.0 Å². The summed E-state index contributed by atoms with van der Waals surface area (Å²) in [6.45, 7) is 11.8. The molecule has 0 saturated carbocycles. The van der Waals surface area contributed by atoms with E-state index in [-0.39, 0.29) is 6.10 Å². The molecular weight excluding hydrogens is 250 g/mol. The van der Waals surface area contributed by atoms with Crippen LogP contribution in [0.2, 0.25) is 0 Å². The molecule has 1 unspecified atom stereocenters. The lowest BCUT2D eigenvalue weighted by atomic mass is 10.0. The summed E-state index contributed by atoms with van der Waals surface area (Å²) in [7, 11) is 2.17. The molecule has 1 aromatic carbocycles. The van der Waals surface area contributed by atoms with Crippen molar-refractivity contribution < 1.29 is 4.74 Å². The van der Waals surface area contributed by atoms with Gasteiger partial charge in [0.05, 0.1) is 12.2 Å². The average Bonchev–Trinajstić information content (AvgIpc) is 2.38. The van der Waals surface area contributed by atoms with Crippen LogP contribution >= 0.6 is 0 Å². The average molecular weight is 275 g/mol. The van der Waals surface area contributed by atoms with Crippen LogP contribution in [0, 0.1) is 13.8 Å². The first-order valence-corrected chi connectivity index (χ1v) is 7.55. The third-order valence-electron chi connectivity index (χ3n) is 4.34. The van der Waals surface area contributed by atoms with Crippen molar-refractivity contribution >= 4 is 11.4 Å².